The van der Waals surface area contributed by atoms with Crippen molar-refractivity contribution in [2.24, 2.45) is 4.99 Å². The van der Waals surface area contributed by atoms with Crippen LogP contribution in [0.15, 0.2) is 28.7 Å². The summed E-state index contributed by atoms with van der Waals surface area (Å²) in [5.74, 6) is 0.652. The van der Waals surface area contributed by atoms with E-state index in [1.165, 1.54) is 0 Å². The summed E-state index contributed by atoms with van der Waals surface area (Å²) in [4.78, 5) is 16.5. The van der Waals surface area contributed by atoms with E-state index in [2.05, 4.69) is 56.3 Å². The van der Waals surface area contributed by atoms with Gasteiger partial charge in [0.2, 0.25) is 0 Å². The molecule has 5 nitrogen and oxygen atoms in total. The zero-order chi connectivity index (χ0) is 16.5. The van der Waals surface area contributed by atoms with E-state index in [1.807, 2.05) is 23.9 Å². The van der Waals surface area contributed by atoms with E-state index in [0.29, 0.717) is 18.4 Å². The standard InChI is InChI=1S/C16H21IN4OS/c1-3-7-21(8-4-2)12-19-15-14(17)10-18-16(20-15)22-11-13-6-5-9-23-13/h5-6,9-10,12H,3-4,7-8,11H2,1-2H3. The molecule has 0 aliphatic rings. The number of nitrogens with zero attached hydrogens (tertiary/aromatic N) is 4. The Labute approximate surface area is 155 Å². The van der Waals surface area contributed by atoms with E-state index in [9.17, 15) is 0 Å². The average Bonchev–Trinajstić information content (AvgIpc) is 3.06. The summed E-state index contributed by atoms with van der Waals surface area (Å²) in [5.41, 5.74) is 0. The minimum atomic E-state index is 0.364. The van der Waals surface area contributed by atoms with Crippen LogP contribution in [-0.2, 0) is 6.61 Å². The highest BCUT2D eigenvalue weighted by Crippen LogP contribution is 2.21. The van der Waals surface area contributed by atoms with Gasteiger partial charge >= 0.3 is 6.01 Å². The van der Waals surface area contributed by atoms with Crippen LogP contribution in [0.1, 0.15) is 31.6 Å². The van der Waals surface area contributed by atoms with Crippen LogP contribution >= 0.6 is 33.9 Å². The summed E-state index contributed by atoms with van der Waals surface area (Å²) >= 11 is 3.85. The molecule has 0 amide bonds. The summed E-state index contributed by atoms with van der Waals surface area (Å²) in [5, 5.41) is 2.03. The SMILES string of the molecule is CCCN(C=Nc1nc(OCc2cccs2)ncc1I)CCC. The lowest BCUT2D eigenvalue weighted by Gasteiger charge is -2.17. The predicted molar refractivity (Wildman–Crippen MR) is 104 cm³/mol. The van der Waals surface area contributed by atoms with Crippen LogP contribution in [0.5, 0.6) is 6.01 Å². The molecule has 0 radical (unpaired) electrons. The lowest BCUT2D eigenvalue weighted by molar-refractivity contribution is 0.284. The van der Waals surface area contributed by atoms with Gasteiger partial charge in [0.05, 0.1) is 9.91 Å². The Morgan fingerprint density at radius 2 is 2.13 bits per heavy atom. The first-order chi connectivity index (χ1) is 11.2. The molecule has 0 fully saturated rings. The van der Waals surface area contributed by atoms with Crippen LogP contribution in [0.25, 0.3) is 0 Å². The molecule has 23 heavy (non-hydrogen) atoms. The van der Waals surface area contributed by atoms with Gasteiger partial charge in [-0.1, -0.05) is 19.9 Å². The first-order valence-corrected chi connectivity index (χ1v) is 9.64. The van der Waals surface area contributed by atoms with Crippen molar-refractivity contribution in [3.63, 3.8) is 0 Å². The molecule has 7 heteroatoms. The fourth-order valence-corrected chi connectivity index (χ4v) is 2.99. The van der Waals surface area contributed by atoms with Gasteiger partial charge in [-0.3, -0.25) is 0 Å². The van der Waals surface area contributed by atoms with Gasteiger partial charge in [0.25, 0.3) is 0 Å². The highest BCUT2D eigenvalue weighted by molar-refractivity contribution is 14.1. The zero-order valence-electron chi connectivity index (χ0n) is 13.4. The first-order valence-electron chi connectivity index (χ1n) is 7.68. The molecule has 0 aliphatic carbocycles. The maximum absolute atomic E-state index is 5.65. The van der Waals surface area contributed by atoms with Crippen molar-refractivity contribution in [3.8, 4) is 6.01 Å². The molecule has 0 saturated heterocycles. The highest BCUT2D eigenvalue weighted by Gasteiger charge is 2.06. The van der Waals surface area contributed by atoms with Crippen LogP contribution in [0.3, 0.4) is 0 Å². The van der Waals surface area contributed by atoms with Crippen molar-refractivity contribution in [1.82, 2.24) is 14.9 Å². The third kappa shape index (κ3) is 6.06. The van der Waals surface area contributed by atoms with Crippen LogP contribution in [-0.4, -0.2) is 34.3 Å². The molecule has 0 saturated carbocycles. The summed E-state index contributed by atoms with van der Waals surface area (Å²) in [7, 11) is 0. The molecule has 2 aromatic rings. The maximum Gasteiger partial charge on any atom is 0.318 e. The molecule has 2 rings (SSSR count). The molecule has 0 aromatic carbocycles. The molecule has 2 aromatic heterocycles. The molecule has 0 bridgehead atoms. The Hall–Kier alpha value is -1.22. The molecular weight excluding hydrogens is 423 g/mol. The minimum Gasteiger partial charge on any atom is -0.458 e. The Balaban J connectivity index is 2.03. The maximum atomic E-state index is 5.65. The number of rotatable bonds is 9. The second-order valence-corrected chi connectivity index (χ2v) is 7.17. The first kappa shape index (κ1) is 18.1. The zero-order valence-corrected chi connectivity index (χ0v) is 16.4. The Bertz CT molecular complexity index is 613. The second kappa shape index (κ2) is 9.82. The highest BCUT2D eigenvalue weighted by atomic mass is 127. The molecule has 2 heterocycles. The van der Waals surface area contributed by atoms with E-state index < -0.39 is 0 Å². The van der Waals surface area contributed by atoms with Gasteiger partial charge in [0.15, 0.2) is 5.82 Å². The third-order valence-electron chi connectivity index (χ3n) is 2.99. The molecule has 0 atom stereocenters. The Morgan fingerprint density at radius 1 is 1.35 bits per heavy atom. The van der Waals surface area contributed by atoms with Gasteiger partial charge in [-0.15, -0.1) is 11.3 Å². The smallest absolute Gasteiger partial charge is 0.318 e. The van der Waals surface area contributed by atoms with Crippen LogP contribution in [0.2, 0.25) is 0 Å². The molecular formula is C16H21IN4OS. The minimum absolute atomic E-state index is 0.364. The van der Waals surface area contributed by atoms with Gasteiger partial charge < -0.3 is 9.64 Å². The number of halogens is 1. The second-order valence-electron chi connectivity index (χ2n) is 4.97. The van der Waals surface area contributed by atoms with Crippen LogP contribution < -0.4 is 4.74 Å². The van der Waals surface area contributed by atoms with Gasteiger partial charge in [-0.05, 0) is 46.9 Å². The largest absolute Gasteiger partial charge is 0.458 e. The molecule has 0 unspecified atom stereocenters. The Kier molecular flexibility index (Phi) is 7.73. The van der Waals surface area contributed by atoms with Crippen molar-refractivity contribution < 1.29 is 4.74 Å². The van der Waals surface area contributed by atoms with Gasteiger partial charge in [0.1, 0.15) is 6.61 Å². The van der Waals surface area contributed by atoms with Crippen molar-refractivity contribution in [2.45, 2.75) is 33.3 Å². The lowest BCUT2D eigenvalue weighted by atomic mass is 10.4. The fourth-order valence-electron chi connectivity index (χ4n) is 1.97. The fraction of sp³-hybridized carbons (Fsp3) is 0.438. The van der Waals surface area contributed by atoms with Gasteiger partial charge in [0, 0.05) is 24.2 Å². The van der Waals surface area contributed by atoms with Crippen molar-refractivity contribution in [1.29, 1.82) is 0 Å². The van der Waals surface area contributed by atoms with E-state index in [0.717, 1.165) is 34.4 Å². The van der Waals surface area contributed by atoms with Crippen molar-refractivity contribution in [2.75, 3.05) is 13.1 Å². The average molecular weight is 444 g/mol. The number of hydrogen-bond donors (Lipinski definition) is 0. The van der Waals surface area contributed by atoms with Crippen molar-refractivity contribution >= 4 is 46.1 Å². The topological polar surface area (TPSA) is 50.6 Å². The number of aromatic nitrogens is 2. The number of aliphatic imine (C=N–C) groups is 1. The van der Waals surface area contributed by atoms with Crippen LogP contribution in [0, 0.1) is 3.57 Å². The summed E-state index contributed by atoms with van der Waals surface area (Å²) in [6.45, 7) is 6.82. The van der Waals surface area contributed by atoms with Crippen molar-refractivity contribution in [3.05, 3.63) is 32.2 Å². The number of hydrogen-bond acceptors (Lipinski definition) is 5. The third-order valence-corrected chi connectivity index (χ3v) is 4.60. The van der Waals surface area contributed by atoms with Crippen LogP contribution in [0.4, 0.5) is 5.82 Å². The quantitative estimate of drug-likeness (QED) is 0.325. The van der Waals surface area contributed by atoms with E-state index in [1.54, 1.807) is 17.5 Å². The predicted octanol–water partition coefficient (Wildman–Crippen LogP) is 4.50. The summed E-state index contributed by atoms with van der Waals surface area (Å²) in [6, 6.07) is 4.40. The van der Waals surface area contributed by atoms with Gasteiger partial charge in [-0.25, -0.2) is 9.98 Å². The normalized spacial score (nSPS) is 11.1. The summed E-state index contributed by atoms with van der Waals surface area (Å²) in [6.07, 6.45) is 5.82. The number of ether oxygens (including phenoxy) is 1. The number of thiophene rings is 1. The lowest BCUT2D eigenvalue weighted by Crippen LogP contribution is -2.23. The summed E-state index contributed by atoms with van der Waals surface area (Å²) < 4.78 is 6.56. The molecule has 0 aliphatic heterocycles. The molecule has 124 valence electrons. The van der Waals surface area contributed by atoms with E-state index in [-0.39, 0.29) is 0 Å². The molecule has 0 N–H and O–H groups in total. The monoisotopic (exact) mass is 444 g/mol. The Morgan fingerprint density at radius 3 is 2.78 bits per heavy atom. The van der Waals surface area contributed by atoms with Gasteiger partial charge in [-0.2, -0.15) is 4.98 Å². The van der Waals surface area contributed by atoms with E-state index in [4.69, 9.17) is 4.74 Å². The van der Waals surface area contributed by atoms with E-state index >= 15 is 0 Å². The molecule has 0 spiro atoms.